The van der Waals surface area contributed by atoms with E-state index in [1.807, 2.05) is 0 Å². The fourth-order valence-corrected chi connectivity index (χ4v) is 3.56. The summed E-state index contributed by atoms with van der Waals surface area (Å²) in [6.45, 7) is 2.94. The van der Waals surface area contributed by atoms with Crippen molar-refractivity contribution in [1.82, 2.24) is 0 Å². The third kappa shape index (κ3) is 10.1. The summed E-state index contributed by atoms with van der Waals surface area (Å²) in [5.41, 5.74) is 0.744. The maximum atomic E-state index is 11.1. The molecule has 4 N–H and O–H groups in total. The minimum atomic E-state index is -5.42. The van der Waals surface area contributed by atoms with E-state index < -0.39 is 30.1 Å². The third-order valence-corrected chi connectivity index (χ3v) is 4.95. The van der Waals surface area contributed by atoms with Gasteiger partial charge in [0, 0.05) is 0 Å². The van der Waals surface area contributed by atoms with Crippen molar-refractivity contribution in [3.63, 3.8) is 0 Å². The van der Waals surface area contributed by atoms with Crippen LogP contribution >= 0.6 is 23.5 Å². The lowest BCUT2D eigenvalue weighted by Crippen LogP contribution is -1.96. The molecule has 0 saturated heterocycles. The van der Waals surface area contributed by atoms with Gasteiger partial charge in [-0.25, -0.2) is 13.7 Å². The second-order valence-corrected chi connectivity index (χ2v) is 7.59. The molecule has 0 bridgehead atoms. The van der Waals surface area contributed by atoms with Crippen LogP contribution in [-0.4, -0.2) is 26.2 Å². The zero-order chi connectivity index (χ0) is 14.6. The van der Waals surface area contributed by atoms with Gasteiger partial charge in [0.05, 0.1) is 6.61 Å². The number of allylic oxidation sites excluding steroid dienone is 1. The minimum Gasteiger partial charge on any atom is -0.302 e. The summed E-state index contributed by atoms with van der Waals surface area (Å²) < 4.78 is 43.5. The lowest BCUT2D eigenvalue weighted by Gasteiger charge is -2.15. The van der Waals surface area contributed by atoms with Gasteiger partial charge in [-0.15, -0.1) is 0 Å². The molecular weight excluding hydrogens is 313 g/mol. The summed E-state index contributed by atoms with van der Waals surface area (Å²) >= 11 is 0. The molecule has 0 aromatic rings. The second-order valence-electron chi connectivity index (χ2n) is 3.17. The van der Waals surface area contributed by atoms with E-state index >= 15 is 0 Å². The van der Waals surface area contributed by atoms with E-state index in [9.17, 15) is 13.7 Å². The van der Waals surface area contributed by atoms with Gasteiger partial charge >= 0.3 is 23.5 Å². The van der Waals surface area contributed by atoms with E-state index in [0.717, 1.165) is 5.57 Å². The van der Waals surface area contributed by atoms with Crippen molar-refractivity contribution in [2.45, 2.75) is 13.8 Å². The largest absolute Gasteiger partial charge is 0.490 e. The second kappa shape index (κ2) is 6.54. The SMILES string of the molecule is CC(C)=CCOP(=O)(O)OP(=O)(O)OP(=O)(O)O. The Bertz CT molecular complexity index is 444. The van der Waals surface area contributed by atoms with Crippen LogP contribution in [0.5, 0.6) is 0 Å². The molecule has 13 heteroatoms. The molecular formula is C5H13O10P3. The maximum Gasteiger partial charge on any atom is 0.490 e. The Hall–Kier alpha value is 0.150. The molecule has 0 aromatic carbocycles. The summed E-state index contributed by atoms with van der Waals surface area (Å²) in [7, 11) is -15.8. The Morgan fingerprint density at radius 3 is 1.89 bits per heavy atom. The monoisotopic (exact) mass is 326 g/mol. The van der Waals surface area contributed by atoms with Crippen LogP contribution in [0.2, 0.25) is 0 Å². The summed E-state index contributed by atoms with van der Waals surface area (Å²) in [6, 6.07) is 0. The molecule has 0 rings (SSSR count). The quantitative estimate of drug-likeness (QED) is 0.396. The lowest BCUT2D eigenvalue weighted by molar-refractivity contribution is 0.182. The predicted octanol–water partition coefficient (Wildman–Crippen LogP) is 1.30. The molecule has 0 saturated carbocycles. The topological polar surface area (TPSA) is 160 Å². The van der Waals surface area contributed by atoms with Crippen molar-refractivity contribution in [2.24, 2.45) is 0 Å². The van der Waals surface area contributed by atoms with Gasteiger partial charge in [0.15, 0.2) is 0 Å². The van der Waals surface area contributed by atoms with E-state index in [4.69, 9.17) is 19.6 Å². The van der Waals surface area contributed by atoms with Crippen LogP contribution in [0, 0.1) is 0 Å². The van der Waals surface area contributed by atoms with E-state index in [2.05, 4.69) is 13.1 Å². The number of hydrogen-bond acceptors (Lipinski definition) is 6. The van der Waals surface area contributed by atoms with Crippen LogP contribution in [0.15, 0.2) is 11.6 Å². The number of rotatable bonds is 7. The van der Waals surface area contributed by atoms with Gasteiger partial charge in [0.25, 0.3) is 0 Å². The van der Waals surface area contributed by atoms with Crippen molar-refractivity contribution >= 4 is 23.5 Å². The average Bonchev–Trinajstić information content (AvgIpc) is 1.93. The number of phosphoric ester groups is 1. The molecule has 0 radical (unpaired) electrons. The van der Waals surface area contributed by atoms with E-state index in [1.165, 1.54) is 6.08 Å². The Kier molecular flexibility index (Phi) is 6.60. The van der Waals surface area contributed by atoms with Gasteiger partial charge in [-0.2, -0.15) is 8.62 Å². The van der Waals surface area contributed by atoms with Crippen molar-refractivity contribution in [2.75, 3.05) is 6.61 Å². The standard InChI is InChI=1S/C5H13O10P3/c1-5(2)3-4-13-17(9,10)15-18(11,12)14-16(6,7)8/h3H,4H2,1-2H3,(H,9,10)(H,11,12)(H2,6,7,8). The molecule has 0 spiro atoms. The molecule has 2 unspecified atom stereocenters. The molecule has 0 aromatic heterocycles. The van der Waals surface area contributed by atoms with E-state index in [-0.39, 0.29) is 0 Å². The first-order valence-electron chi connectivity index (χ1n) is 4.25. The fourth-order valence-electron chi connectivity index (χ4n) is 0.601. The minimum absolute atomic E-state index is 0.397. The molecule has 0 aliphatic rings. The zero-order valence-electron chi connectivity index (χ0n) is 9.36. The van der Waals surface area contributed by atoms with Crippen molar-refractivity contribution in [1.29, 1.82) is 0 Å². The summed E-state index contributed by atoms with van der Waals surface area (Å²) in [4.78, 5) is 34.3. The van der Waals surface area contributed by atoms with Crippen LogP contribution in [0.4, 0.5) is 0 Å². The zero-order valence-corrected chi connectivity index (χ0v) is 12.0. The van der Waals surface area contributed by atoms with E-state index in [0.29, 0.717) is 0 Å². The number of phosphoric acid groups is 3. The molecule has 0 heterocycles. The smallest absolute Gasteiger partial charge is 0.302 e. The highest BCUT2D eigenvalue weighted by Crippen LogP contribution is 2.66. The molecule has 0 fully saturated rings. The van der Waals surface area contributed by atoms with Gasteiger partial charge < -0.3 is 19.6 Å². The highest BCUT2D eigenvalue weighted by Gasteiger charge is 2.40. The summed E-state index contributed by atoms with van der Waals surface area (Å²) in [5.74, 6) is 0. The summed E-state index contributed by atoms with van der Waals surface area (Å²) in [5, 5.41) is 0. The average molecular weight is 326 g/mol. The van der Waals surface area contributed by atoms with Crippen LogP contribution < -0.4 is 0 Å². The first-order valence-corrected chi connectivity index (χ1v) is 8.77. The lowest BCUT2D eigenvalue weighted by atomic mass is 10.3. The van der Waals surface area contributed by atoms with Crippen molar-refractivity contribution < 1.29 is 46.4 Å². The van der Waals surface area contributed by atoms with Gasteiger partial charge in [-0.1, -0.05) is 11.6 Å². The highest BCUT2D eigenvalue weighted by atomic mass is 31.3. The molecule has 0 aliphatic carbocycles. The van der Waals surface area contributed by atoms with Crippen LogP contribution in [0.1, 0.15) is 13.8 Å². The number of hydrogen-bond donors (Lipinski definition) is 4. The van der Waals surface area contributed by atoms with Gasteiger partial charge in [-0.05, 0) is 13.8 Å². The summed E-state index contributed by atoms with van der Waals surface area (Å²) in [6.07, 6.45) is 1.37. The molecule has 2 atom stereocenters. The molecule has 18 heavy (non-hydrogen) atoms. The van der Waals surface area contributed by atoms with Gasteiger partial charge in [-0.3, -0.25) is 4.52 Å². The molecule has 0 aliphatic heterocycles. The van der Waals surface area contributed by atoms with Gasteiger partial charge in [0.2, 0.25) is 0 Å². The molecule has 0 amide bonds. The highest BCUT2D eigenvalue weighted by molar-refractivity contribution is 7.66. The first-order chi connectivity index (χ1) is 7.83. The maximum absolute atomic E-state index is 11.1. The van der Waals surface area contributed by atoms with Gasteiger partial charge in [0.1, 0.15) is 0 Å². The van der Waals surface area contributed by atoms with Crippen molar-refractivity contribution in [3.05, 3.63) is 11.6 Å². The Labute approximate surface area is 103 Å². The van der Waals surface area contributed by atoms with Crippen LogP contribution in [0.25, 0.3) is 0 Å². The predicted molar refractivity (Wildman–Crippen MR) is 59.2 cm³/mol. The third-order valence-electron chi connectivity index (χ3n) is 1.15. The Morgan fingerprint density at radius 2 is 1.50 bits per heavy atom. The first kappa shape index (κ1) is 18.1. The van der Waals surface area contributed by atoms with Crippen LogP contribution in [-0.2, 0) is 26.8 Å². The van der Waals surface area contributed by atoms with Crippen molar-refractivity contribution in [3.8, 4) is 0 Å². The van der Waals surface area contributed by atoms with Crippen LogP contribution in [0.3, 0.4) is 0 Å². The molecule has 108 valence electrons. The Balaban J connectivity index is 4.57. The normalized spacial score (nSPS) is 18.8. The fraction of sp³-hybridized carbons (Fsp3) is 0.600. The van der Waals surface area contributed by atoms with E-state index in [1.54, 1.807) is 13.8 Å². The Morgan fingerprint density at radius 1 is 1.00 bits per heavy atom. The molecule has 10 nitrogen and oxygen atoms in total.